The molecule has 218 valence electrons. The Morgan fingerprint density at radius 2 is 1.59 bits per heavy atom. The van der Waals surface area contributed by atoms with Gasteiger partial charge in [-0.2, -0.15) is 8.42 Å². The van der Waals surface area contributed by atoms with E-state index in [-0.39, 0.29) is 16.2 Å². The predicted octanol–water partition coefficient (Wildman–Crippen LogP) is 8.37. The van der Waals surface area contributed by atoms with E-state index in [0.29, 0.717) is 48.2 Å². The lowest BCUT2D eigenvalue weighted by Crippen LogP contribution is -2.57. The number of Topliss-reactive ketones (excluding diaryl/α,β-unsaturated/α-hetero) is 1. The topological polar surface area (TPSA) is 60.4 Å². The Morgan fingerprint density at radius 3 is 2.28 bits per heavy atom. The van der Waals surface area contributed by atoms with E-state index in [0.717, 1.165) is 29.7 Å². The number of ketones is 1. The van der Waals surface area contributed by atoms with Crippen LogP contribution in [0.5, 0.6) is 0 Å². The van der Waals surface area contributed by atoms with Crippen molar-refractivity contribution < 1.29 is 17.4 Å². The van der Waals surface area contributed by atoms with Crippen molar-refractivity contribution in [1.82, 2.24) is 0 Å². The molecule has 4 aliphatic carbocycles. The summed E-state index contributed by atoms with van der Waals surface area (Å²) in [5, 5.41) is 0. The van der Waals surface area contributed by atoms with Gasteiger partial charge >= 0.3 is 0 Å². The molecule has 1 aromatic carbocycles. The predicted molar refractivity (Wildman–Crippen MR) is 157 cm³/mol. The Bertz CT molecular complexity index is 1140. The molecule has 0 unspecified atom stereocenters. The Balaban J connectivity index is 1.27. The minimum atomic E-state index is -3.83. The molecule has 4 aliphatic rings. The first-order valence-corrected chi connectivity index (χ1v) is 17.3. The fourth-order valence-electron chi connectivity index (χ4n) is 10.1. The van der Waals surface area contributed by atoms with E-state index in [4.69, 9.17) is 4.18 Å². The van der Waals surface area contributed by atoms with Gasteiger partial charge in [0.2, 0.25) is 0 Å². The minimum Gasteiger partial charge on any atom is -0.299 e. The quantitative estimate of drug-likeness (QED) is 0.302. The molecule has 4 saturated carbocycles. The number of benzene rings is 1. The van der Waals surface area contributed by atoms with Gasteiger partial charge in [-0.1, -0.05) is 71.6 Å². The van der Waals surface area contributed by atoms with Gasteiger partial charge in [-0.05, 0) is 110 Å². The highest BCUT2D eigenvalue weighted by Crippen LogP contribution is 2.68. The van der Waals surface area contributed by atoms with Gasteiger partial charge in [0.15, 0.2) is 0 Å². The third-order valence-electron chi connectivity index (χ3n) is 12.2. The number of carbonyl (C=O) groups excluding carboxylic acids is 1. The zero-order chi connectivity index (χ0) is 28.2. The van der Waals surface area contributed by atoms with Gasteiger partial charge in [0.05, 0.1) is 11.0 Å². The summed E-state index contributed by atoms with van der Waals surface area (Å²) in [7, 11) is -3.83. The molecular formula is C34H52O4S. The molecule has 0 heterocycles. The fourth-order valence-corrected chi connectivity index (χ4v) is 11.2. The molecule has 4 fully saturated rings. The van der Waals surface area contributed by atoms with Gasteiger partial charge in [-0.25, -0.2) is 0 Å². The highest BCUT2D eigenvalue weighted by atomic mass is 32.2. The van der Waals surface area contributed by atoms with Crippen LogP contribution in [0.3, 0.4) is 0 Å². The third kappa shape index (κ3) is 5.41. The molecule has 39 heavy (non-hydrogen) atoms. The third-order valence-corrected chi connectivity index (χ3v) is 13.6. The second kappa shape index (κ2) is 10.9. The lowest BCUT2D eigenvalue weighted by Gasteiger charge is -2.60. The first-order chi connectivity index (χ1) is 18.3. The van der Waals surface area contributed by atoms with E-state index in [9.17, 15) is 13.2 Å². The van der Waals surface area contributed by atoms with Crippen LogP contribution in [-0.2, 0) is 19.1 Å². The van der Waals surface area contributed by atoms with E-state index in [1.807, 2.05) is 6.92 Å². The number of rotatable bonds is 8. The van der Waals surface area contributed by atoms with E-state index < -0.39 is 16.2 Å². The van der Waals surface area contributed by atoms with Crippen molar-refractivity contribution in [3.63, 3.8) is 0 Å². The number of fused-ring (bicyclic) bond motifs is 5. The van der Waals surface area contributed by atoms with E-state index in [1.54, 1.807) is 24.3 Å². The van der Waals surface area contributed by atoms with Crippen molar-refractivity contribution in [3.8, 4) is 0 Å². The largest absolute Gasteiger partial charge is 0.299 e. The molecule has 4 nitrogen and oxygen atoms in total. The molecule has 0 spiro atoms. The lowest BCUT2D eigenvalue weighted by atomic mass is 9.44. The smallest absolute Gasteiger partial charge is 0.297 e. The molecule has 0 aromatic heterocycles. The summed E-state index contributed by atoms with van der Waals surface area (Å²) in [6.07, 6.45) is 11.5. The van der Waals surface area contributed by atoms with Crippen LogP contribution < -0.4 is 0 Å². The summed E-state index contributed by atoms with van der Waals surface area (Å²) in [4.78, 5) is 14.0. The average molecular weight is 557 g/mol. The fraction of sp³-hybridized carbons (Fsp3) is 0.794. The minimum absolute atomic E-state index is 0.0320. The maximum absolute atomic E-state index is 13.8. The van der Waals surface area contributed by atoms with Crippen molar-refractivity contribution in [1.29, 1.82) is 0 Å². The Hall–Kier alpha value is -1.20. The van der Waals surface area contributed by atoms with Crippen molar-refractivity contribution in [3.05, 3.63) is 29.8 Å². The van der Waals surface area contributed by atoms with Crippen LogP contribution in [0.1, 0.15) is 111 Å². The van der Waals surface area contributed by atoms with Crippen LogP contribution >= 0.6 is 0 Å². The molecule has 0 saturated heterocycles. The first kappa shape index (κ1) is 29.3. The summed E-state index contributed by atoms with van der Waals surface area (Å²) in [6, 6.07) is 6.84. The molecule has 1 aromatic rings. The van der Waals surface area contributed by atoms with Crippen LogP contribution in [-0.4, -0.2) is 20.3 Å². The second-order valence-corrected chi connectivity index (χ2v) is 16.5. The number of hydrogen-bond donors (Lipinski definition) is 0. The van der Waals surface area contributed by atoms with Crippen LogP contribution in [0.25, 0.3) is 0 Å². The number of aryl methyl sites for hydroxylation is 1. The van der Waals surface area contributed by atoms with Crippen LogP contribution in [0.4, 0.5) is 0 Å². The summed E-state index contributed by atoms with van der Waals surface area (Å²) in [5.41, 5.74) is 1.35. The maximum Gasteiger partial charge on any atom is 0.297 e. The molecular weight excluding hydrogens is 504 g/mol. The van der Waals surface area contributed by atoms with Crippen LogP contribution in [0, 0.1) is 59.2 Å². The zero-order valence-corrected chi connectivity index (χ0v) is 26.1. The van der Waals surface area contributed by atoms with Gasteiger partial charge in [0, 0.05) is 12.3 Å². The van der Waals surface area contributed by atoms with Gasteiger partial charge in [-0.3, -0.25) is 8.98 Å². The molecule has 9 atom stereocenters. The van der Waals surface area contributed by atoms with Crippen molar-refractivity contribution in [2.45, 2.75) is 123 Å². The monoisotopic (exact) mass is 556 g/mol. The number of carbonyl (C=O) groups is 1. The zero-order valence-electron chi connectivity index (χ0n) is 25.2. The van der Waals surface area contributed by atoms with E-state index in [2.05, 4.69) is 34.6 Å². The lowest BCUT2D eigenvalue weighted by molar-refractivity contribution is -0.159. The molecule has 0 radical (unpaired) electrons. The summed E-state index contributed by atoms with van der Waals surface area (Å²) >= 11 is 0. The Morgan fingerprint density at radius 1 is 0.923 bits per heavy atom. The van der Waals surface area contributed by atoms with Gasteiger partial charge in [-0.15, -0.1) is 0 Å². The SMILES string of the molecule is Cc1ccc(S(=O)(=O)O[C@H]2CC[C@@]3(C)[C@H](C2)C(=O)C[C@@H]2[C@@H]3CC[C@]3(C)[C@@H]([C@H](C)CCCC(C)C)CC[C@@H]23)cc1. The molecule has 0 aliphatic heterocycles. The highest BCUT2D eigenvalue weighted by Gasteiger charge is 2.62. The molecule has 0 N–H and O–H groups in total. The summed E-state index contributed by atoms with van der Waals surface area (Å²) in [5.74, 6) is 4.35. The molecule has 0 bridgehead atoms. The summed E-state index contributed by atoms with van der Waals surface area (Å²) < 4.78 is 31.8. The van der Waals surface area contributed by atoms with Gasteiger partial charge in [0.1, 0.15) is 5.78 Å². The first-order valence-electron chi connectivity index (χ1n) is 15.9. The second-order valence-electron chi connectivity index (χ2n) is 14.9. The number of hydrogen-bond acceptors (Lipinski definition) is 4. The van der Waals surface area contributed by atoms with Gasteiger partial charge in [0.25, 0.3) is 10.1 Å². The summed E-state index contributed by atoms with van der Waals surface area (Å²) in [6.45, 7) is 14.0. The van der Waals surface area contributed by atoms with Gasteiger partial charge < -0.3 is 0 Å². The molecule has 5 heteroatoms. The van der Waals surface area contributed by atoms with Crippen molar-refractivity contribution >= 4 is 15.9 Å². The maximum atomic E-state index is 13.8. The molecule has 5 rings (SSSR count). The molecule has 0 amide bonds. The van der Waals surface area contributed by atoms with E-state index in [1.165, 1.54) is 44.9 Å². The van der Waals surface area contributed by atoms with E-state index >= 15 is 0 Å². The standard InChI is InChI=1S/C34H52O4S/c1-22(2)8-7-9-24(4)28-14-15-29-27-21-32(35)31-20-25(38-39(36,37)26-12-10-23(3)11-13-26)16-18-34(31,6)30(27)17-19-33(28,29)5/h10-13,22,24-25,27-31H,7-9,14-21H2,1-6H3/t24-,25+,27+,28-,29+,30+,31-,33-,34-/m1/s1. The average Bonchev–Trinajstić information content (AvgIpc) is 3.22. The van der Waals surface area contributed by atoms with Crippen LogP contribution in [0.15, 0.2) is 29.2 Å². The van der Waals surface area contributed by atoms with Crippen LogP contribution in [0.2, 0.25) is 0 Å². The Kier molecular flexibility index (Phi) is 8.18. The van der Waals surface area contributed by atoms with Crippen molar-refractivity contribution in [2.24, 2.45) is 52.3 Å². The highest BCUT2D eigenvalue weighted by molar-refractivity contribution is 7.86. The normalized spacial score (nSPS) is 39.2. The Labute approximate surface area is 238 Å². The van der Waals surface area contributed by atoms with Crippen molar-refractivity contribution in [2.75, 3.05) is 0 Å².